The van der Waals surface area contributed by atoms with Gasteiger partial charge in [-0.05, 0) is 56.6 Å². The summed E-state index contributed by atoms with van der Waals surface area (Å²) in [4.78, 5) is 31.6. The molecular weight excluding hydrogens is 350 g/mol. The van der Waals surface area contributed by atoms with Crippen molar-refractivity contribution in [1.29, 1.82) is 0 Å². The van der Waals surface area contributed by atoms with Gasteiger partial charge in [0, 0.05) is 57.3 Å². The number of amides is 2. The zero-order chi connectivity index (χ0) is 19.5. The highest BCUT2D eigenvalue weighted by Crippen LogP contribution is 2.33. The van der Waals surface area contributed by atoms with Crippen molar-refractivity contribution in [3.8, 4) is 0 Å². The number of piperidine rings is 2. The normalized spacial score (nSPS) is 20.9. The van der Waals surface area contributed by atoms with Crippen LogP contribution in [0.25, 0.3) is 0 Å². The van der Waals surface area contributed by atoms with Crippen molar-refractivity contribution < 1.29 is 9.59 Å². The lowest BCUT2D eigenvalue weighted by Gasteiger charge is -2.34. The molecule has 2 amide bonds. The van der Waals surface area contributed by atoms with Crippen molar-refractivity contribution in [2.45, 2.75) is 51.5 Å². The second-order valence-corrected chi connectivity index (χ2v) is 8.74. The van der Waals surface area contributed by atoms with Crippen LogP contribution in [0.15, 0.2) is 24.3 Å². The van der Waals surface area contributed by atoms with E-state index >= 15 is 0 Å². The summed E-state index contributed by atoms with van der Waals surface area (Å²) >= 11 is 0. The van der Waals surface area contributed by atoms with E-state index in [-0.39, 0.29) is 17.7 Å². The number of anilines is 1. The van der Waals surface area contributed by atoms with E-state index in [2.05, 4.69) is 29.2 Å². The maximum atomic E-state index is 13.0. The Morgan fingerprint density at radius 3 is 2.29 bits per heavy atom. The third-order valence-electron chi connectivity index (χ3n) is 6.55. The lowest BCUT2D eigenvalue weighted by atomic mass is 9.94. The maximum absolute atomic E-state index is 13.0. The van der Waals surface area contributed by atoms with Gasteiger partial charge in [0.15, 0.2) is 0 Å². The molecule has 0 bridgehead atoms. The molecular formula is C23H33N3O2. The van der Waals surface area contributed by atoms with Crippen LogP contribution >= 0.6 is 0 Å². The molecule has 1 saturated carbocycles. The Balaban J connectivity index is 1.34. The lowest BCUT2D eigenvalue weighted by molar-refractivity contribution is -0.140. The fraction of sp³-hybridized carbons (Fsp3) is 0.652. The quantitative estimate of drug-likeness (QED) is 0.784. The molecule has 1 aliphatic carbocycles. The van der Waals surface area contributed by atoms with Crippen molar-refractivity contribution in [2.24, 2.45) is 11.8 Å². The van der Waals surface area contributed by atoms with Gasteiger partial charge in [-0.1, -0.05) is 18.2 Å². The van der Waals surface area contributed by atoms with Crippen LogP contribution in [0.5, 0.6) is 0 Å². The molecule has 1 aromatic rings. The summed E-state index contributed by atoms with van der Waals surface area (Å²) in [6, 6.07) is 8.52. The molecule has 0 radical (unpaired) electrons. The van der Waals surface area contributed by atoms with Crippen molar-refractivity contribution >= 4 is 17.5 Å². The lowest BCUT2D eigenvalue weighted by Crippen LogP contribution is -2.44. The first-order valence-electron chi connectivity index (χ1n) is 11.0. The third-order valence-corrected chi connectivity index (χ3v) is 6.55. The molecule has 2 aliphatic heterocycles. The van der Waals surface area contributed by atoms with Crippen LogP contribution in [0.2, 0.25) is 0 Å². The van der Waals surface area contributed by atoms with Crippen molar-refractivity contribution in [2.75, 3.05) is 38.1 Å². The summed E-state index contributed by atoms with van der Waals surface area (Å²) in [5, 5.41) is 0. The molecule has 5 nitrogen and oxygen atoms in total. The van der Waals surface area contributed by atoms with E-state index in [0.717, 1.165) is 51.9 Å². The van der Waals surface area contributed by atoms with E-state index in [0.29, 0.717) is 12.5 Å². The van der Waals surface area contributed by atoms with Gasteiger partial charge in [-0.25, -0.2) is 0 Å². The molecule has 0 atom stereocenters. The average molecular weight is 384 g/mol. The monoisotopic (exact) mass is 383 g/mol. The SMILES string of the molecule is CN(Cc1ccccc1N1CCCCC1)C(=O)C1CCN(C(=O)C2CC2)CC1. The minimum Gasteiger partial charge on any atom is -0.371 e. The highest BCUT2D eigenvalue weighted by Gasteiger charge is 2.36. The summed E-state index contributed by atoms with van der Waals surface area (Å²) in [6.07, 6.45) is 7.53. The van der Waals surface area contributed by atoms with Gasteiger partial charge in [0.25, 0.3) is 0 Å². The summed E-state index contributed by atoms with van der Waals surface area (Å²) in [6.45, 7) is 4.37. The van der Waals surface area contributed by atoms with Gasteiger partial charge >= 0.3 is 0 Å². The molecule has 3 fully saturated rings. The fourth-order valence-electron chi connectivity index (χ4n) is 4.67. The van der Waals surface area contributed by atoms with Gasteiger partial charge in [0.05, 0.1) is 0 Å². The Kier molecular flexibility index (Phi) is 5.88. The Morgan fingerprint density at radius 1 is 0.929 bits per heavy atom. The number of para-hydroxylation sites is 1. The smallest absolute Gasteiger partial charge is 0.225 e. The van der Waals surface area contributed by atoms with Crippen LogP contribution in [0.3, 0.4) is 0 Å². The Morgan fingerprint density at radius 2 is 1.61 bits per heavy atom. The first-order chi connectivity index (χ1) is 13.6. The Bertz CT molecular complexity index is 702. The van der Waals surface area contributed by atoms with E-state index in [1.807, 2.05) is 16.8 Å². The van der Waals surface area contributed by atoms with Gasteiger partial charge < -0.3 is 14.7 Å². The molecule has 4 rings (SSSR count). The van der Waals surface area contributed by atoms with Crippen LogP contribution in [-0.4, -0.2) is 54.8 Å². The Hall–Kier alpha value is -2.04. The van der Waals surface area contributed by atoms with Crippen LogP contribution in [0, 0.1) is 11.8 Å². The van der Waals surface area contributed by atoms with Crippen molar-refractivity contribution in [1.82, 2.24) is 9.80 Å². The number of nitrogens with zero attached hydrogens (tertiary/aromatic N) is 3. The molecule has 2 saturated heterocycles. The zero-order valence-electron chi connectivity index (χ0n) is 17.1. The van der Waals surface area contributed by atoms with E-state index < -0.39 is 0 Å². The number of carbonyl (C=O) groups is 2. The van der Waals surface area contributed by atoms with E-state index in [4.69, 9.17) is 0 Å². The van der Waals surface area contributed by atoms with Gasteiger partial charge in [-0.15, -0.1) is 0 Å². The topological polar surface area (TPSA) is 43.9 Å². The van der Waals surface area contributed by atoms with Crippen molar-refractivity contribution in [3.63, 3.8) is 0 Å². The summed E-state index contributed by atoms with van der Waals surface area (Å²) in [7, 11) is 1.93. The number of likely N-dealkylation sites (tertiary alicyclic amines) is 1. The predicted octanol–water partition coefficient (Wildman–Crippen LogP) is 3.28. The molecule has 28 heavy (non-hydrogen) atoms. The predicted molar refractivity (Wildman–Crippen MR) is 111 cm³/mol. The molecule has 5 heteroatoms. The number of benzene rings is 1. The molecule has 152 valence electrons. The first kappa shape index (κ1) is 19.3. The number of carbonyl (C=O) groups excluding carboxylic acids is 2. The summed E-state index contributed by atoms with van der Waals surface area (Å²) in [5.41, 5.74) is 2.52. The van der Waals surface area contributed by atoms with Crippen LogP contribution in [0.4, 0.5) is 5.69 Å². The van der Waals surface area contributed by atoms with Crippen LogP contribution < -0.4 is 4.90 Å². The van der Waals surface area contributed by atoms with E-state index in [1.54, 1.807) is 0 Å². The van der Waals surface area contributed by atoms with Gasteiger partial charge in [-0.3, -0.25) is 9.59 Å². The van der Waals surface area contributed by atoms with Crippen molar-refractivity contribution in [3.05, 3.63) is 29.8 Å². The highest BCUT2D eigenvalue weighted by molar-refractivity contribution is 5.82. The third kappa shape index (κ3) is 4.34. The molecule has 0 spiro atoms. The second kappa shape index (κ2) is 8.54. The highest BCUT2D eigenvalue weighted by atomic mass is 16.2. The van der Waals surface area contributed by atoms with Crippen LogP contribution in [-0.2, 0) is 16.1 Å². The largest absolute Gasteiger partial charge is 0.371 e. The van der Waals surface area contributed by atoms with Gasteiger partial charge in [-0.2, -0.15) is 0 Å². The fourth-order valence-corrected chi connectivity index (χ4v) is 4.67. The number of hydrogen-bond acceptors (Lipinski definition) is 3. The zero-order valence-corrected chi connectivity index (χ0v) is 17.1. The van der Waals surface area contributed by atoms with Gasteiger partial charge in [0.1, 0.15) is 0 Å². The minimum atomic E-state index is 0.0513. The maximum Gasteiger partial charge on any atom is 0.225 e. The second-order valence-electron chi connectivity index (χ2n) is 8.74. The van der Waals surface area contributed by atoms with E-state index in [9.17, 15) is 9.59 Å². The Labute approximate surface area is 168 Å². The molecule has 3 aliphatic rings. The van der Waals surface area contributed by atoms with E-state index in [1.165, 1.54) is 30.5 Å². The molecule has 1 aromatic carbocycles. The molecule has 0 aromatic heterocycles. The standard InChI is InChI=1S/C23H33N3O2/c1-24(17-20-7-3-4-8-21(20)25-13-5-2-6-14-25)22(27)19-11-15-26(16-12-19)23(28)18-9-10-18/h3-4,7-8,18-19H,2,5-6,9-17H2,1H3. The number of hydrogen-bond donors (Lipinski definition) is 0. The van der Waals surface area contributed by atoms with Crippen LogP contribution in [0.1, 0.15) is 50.5 Å². The number of rotatable bonds is 5. The summed E-state index contributed by atoms with van der Waals surface area (Å²) < 4.78 is 0. The first-order valence-corrected chi connectivity index (χ1v) is 11.0. The molecule has 2 heterocycles. The van der Waals surface area contributed by atoms with Gasteiger partial charge in [0.2, 0.25) is 11.8 Å². The summed E-state index contributed by atoms with van der Waals surface area (Å²) in [5.74, 6) is 0.873. The average Bonchev–Trinajstić information content (AvgIpc) is 3.59. The minimum absolute atomic E-state index is 0.0513. The molecule has 0 unspecified atom stereocenters. The molecule has 0 N–H and O–H groups in total.